The van der Waals surface area contributed by atoms with E-state index in [2.05, 4.69) is 8.75 Å². The molecule has 1 atom stereocenters. The van der Waals surface area contributed by atoms with Gasteiger partial charge in [0.15, 0.2) is 0 Å². The molecule has 1 aliphatic heterocycles. The van der Waals surface area contributed by atoms with Crippen molar-refractivity contribution in [2.24, 2.45) is 0 Å². The summed E-state index contributed by atoms with van der Waals surface area (Å²) >= 11 is 0.590. The molecule has 152 valence electrons. The van der Waals surface area contributed by atoms with Crippen LogP contribution in [0, 0.1) is 0 Å². The van der Waals surface area contributed by atoms with E-state index in [1.165, 1.54) is 0 Å². The average molecular weight is 412 g/mol. The zero-order valence-electron chi connectivity index (χ0n) is 28.2. The Kier molecular flexibility index (Phi) is 4.03. The molecule has 0 fully saturated rings. The molecular weight excluding hydrogens is 366 g/mol. The maximum atomic E-state index is 11.8. The van der Waals surface area contributed by atoms with Crippen molar-refractivity contribution in [1.29, 1.82) is 0 Å². The topological polar surface area (TPSA) is 70.5 Å². The number of carbonyl (C=O) groups excluding carboxylic acids is 1. The van der Waals surface area contributed by atoms with Crippen molar-refractivity contribution >= 4 is 23.5 Å². The normalized spacial score (nSPS) is 29.7. The zero-order valence-corrected chi connectivity index (χ0v) is 16.0. The van der Waals surface area contributed by atoms with Gasteiger partial charge in [-0.15, -0.1) is 4.37 Å². The number of quaternary nitrogens is 1. The second-order valence-electron chi connectivity index (χ2n) is 6.01. The maximum absolute atomic E-state index is 11.8. The van der Waals surface area contributed by atoms with Crippen LogP contribution in [0.25, 0.3) is 5.57 Å². The Morgan fingerprint density at radius 1 is 1.37 bits per heavy atom. The van der Waals surface area contributed by atoms with E-state index in [-0.39, 0.29) is 30.1 Å². The Hall–Kier alpha value is -1.67. The van der Waals surface area contributed by atoms with Crippen molar-refractivity contribution in [3.63, 3.8) is 0 Å². The van der Waals surface area contributed by atoms with Crippen molar-refractivity contribution in [3.05, 3.63) is 11.8 Å². The van der Waals surface area contributed by atoms with Gasteiger partial charge in [-0.05, 0) is 12.8 Å². The summed E-state index contributed by atoms with van der Waals surface area (Å²) in [6.07, 6.45) is -13.9. The summed E-state index contributed by atoms with van der Waals surface area (Å²) in [5.74, 6) is -0.531. The predicted molar refractivity (Wildman–Crippen MR) is 106 cm³/mol. The van der Waals surface area contributed by atoms with E-state index in [0.29, 0.717) is 36.7 Å². The molecule has 0 saturated carbocycles. The summed E-state index contributed by atoms with van der Waals surface area (Å²) in [5, 5.41) is 0. The van der Waals surface area contributed by atoms with Gasteiger partial charge in [-0.25, -0.2) is 4.79 Å². The first-order valence-corrected chi connectivity index (χ1v) is 9.04. The Morgan fingerprint density at radius 2 is 2.26 bits per heavy atom. The van der Waals surface area contributed by atoms with E-state index in [0.717, 1.165) is 0 Å². The van der Waals surface area contributed by atoms with Crippen LogP contribution in [0.1, 0.15) is 75.6 Å². The van der Waals surface area contributed by atoms with Gasteiger partial charge in [0.05, 0.1) is 41.2 Å². The minimum atomic E-state index is -4.06. The van der Waals surface area contributed by atoms with Crippen LogP contribution in [-0.4, -0.2) is 59.4 Å². The third-order valence-electron chi connectivity index (χ3n) is 3.68. The number of nitrogens with zero attached hydrogens (tertiary/aromatic N) is 3. The molecule has 8 heteroatoms. The molecule has 27 heavy (non-hydrogen) atoms. The summed E-state index contributed by atoms with van der Waals surface area (Å²) < 4.78 is 125. The van der Waals surface area contributed by atoms with E-state index in [9.17, 15) is 4.79 Å². The van der Waals surface area contributed by atoms with Gasteiger partial charge in [0.2, 0.25) is 6.73 Å². The lowest BCUT2D eigenvalue weighted by Gasteiger charge is -2.36. The molecule has 1 aliphatic rings. The van der Waals surface area contributed by atoms with Gasteiger partial charge in [-0.2, -0.15) is 4.37 Å². The molecule has 7 nitrogen and oxygen atoms in total. The van der Waals surface area contributed by atoms with Gasteiger partial charge in [0.1, 0.15) is 12.2 Å². The van der Waals surface area contributed by atoms with Gasteiger partial charge in [0.25, 0.3) is 5.88 Å². The molecule has 0 N–H and O–H groups in total. The average Bonchev–Trinajstić information content (AvgIpc) is 3.27. The Labute approximate surface area is 184 Å². The van der Waals surface area contributed by atoms with Crippen LogP contribution in [0.15, 0.2) is 6.08 Å². The van der Waals surface area contributed by atoms with Gasteiger partial charge in [-0.3, -0.25) is 4.48 Å². The molecule has 2 rings (SSSR count). The van der Waals surface area contributed by atoms with Crippen LogP contribution in [-0.2, 0) is 9.47 Å². The second kappa shape index (κ2) is 11.2. The fourth-order valence-corrected chi connectivity index (χ4v) is 2.94. The lowest BCUT2D eigenvalue weighted by molar-refractivity contribution is -0.919. The first kappa shape index (κ1) is 9.69. The zero-order chi connectivity index (χ0) is 31.0. The van der Waals surface area contributed by atoms with E-state index in [4.69, 9.17) is 32.0 Å². The van der Waals surface area contributed by atoms with Crippen LogP contribution in [0.5, 0.6) is 5.88 Å². The van der Waals surface area contributed by atoms with E-state index in [1.54, 1.807) is 13.1 Å². The first-order valence-electron chi connectivity index (χ1n) is 14.8. The molecule has 0 bridgehead atoms. The smallest absolute Gasteiger partial charge is 0.475 e. The fraction of sp³-hybridized carbons (Fsp3) is 0.737. The number of hydrogen-bond donors (Lipinski definition) is 0. The van der Waals surface area contributed by atoms with Gasteiger partial charge < -0.3 is 14.2 Å². The molecule has 2 heterocycles. The van der Waals surface area contributed by atoms with Crippen molar-refractivity contribution in [2.45, 2.75) is 52.1 Å². The monoisotopic (exact) mass is 411 g/mol. The van der Waals surface area contributed by atoms with Crippen LogP contribution < -0.4 is 4.74 Å². The number of carbonyl (C=O) groups is 1. The highest BCUT2D eigenvalue weighted by Crippen LogP contribution is 2.30. The molecule has 0 spiro atoms. The molecule has 1 aromatic heterocycles. The predicted octanol–water partition coefficient (Wildman–Crippen LogP) is 4.25. The largest absolute Gasteiger partial charge is 0.512 e. The molecule has 0 aliphatic carbocycles. The van der Waals surface area contributed by atoms with E-state index < -0.39 is 50.9 Å². The van der Waals surface area contributed by atoms with Gasteiger partial charge >= 0.3 is 6.16 Å². The number of hydrogen-bond acceptors (Lipinski definition) is 7. The quantitative estimate of drug-likeness (QED) is 0.400. The fourth-order valence-electron chi connectivity index (χ4n) is 2.43. The highest BCUT2D eigenvalue weighted by Gasteiger charge is 2.31. The Morgan fingerprint density at radius 3 is 3.07 bits per heavy atom. The van der Waals surface area contributed by atoms with Crippen LogP contribution in [0.4, 0.5) is 4.79 Å². The number of aromatic nitrogens is 2. The van der Waals surface area contributed by atoms with Gasteiger partial charge in [-0.1, -0.05) is 39.0 Å². The van der Waals surface area contributed by atoms with E-state index in [1.807, 2.05) is 6.92 Å². The van der Waals surface area contributed by atoms with Gasteiger partial charge in [0, 0.05) is 27.1 Å². The summed E-state index contributed by atoms with van der Waals surface area (Å²) in [5.41, 5.74) is 0.486. The second-order valence-corrected chi connectivity index (χ2v) is 6.54. The number of likely N-dealkylation sites (N-methyl/N-ethyl adjacent to an activating group) is 1. The van der Waals surface area contributed by atoms with Crippen molar-refractivity contribution in [3.8, 4) is 5.88 Å². The maximum Gasteiger partial charge on any atom is 0.512 e. The van der Waals surface area contributed by atoms with Crippen molar-refractivity contribution in [2.75, 3.05) is 40.0 Å². The third kappa shape index (κ3) is 7.10. The van der Waals surface area contributed by atoms with Crippen LogP contribution in [0.2, 0.25) is 0 Å². The summed E-state index contributed by atoms with van der Waals surface area (Å²) in [6.45, 7) is -4.64. The van der Waals surface area contributed by atoms with Crippen LogP contribution >= 0.6 is 11.7 Å². The number of rotatable bonds is 11. The molecule has 0 radical (unpaired) electrons. The lowest BCUT2D eigenvalue weighted by Crippen LogP contribution is -2.49. The summed E-state index contributed by atoms with van der Waals surface area (Å²) in [7, 11) is 1.79. The van der Waals surface area contributed by atoms with E-state index >= 15 is 0 Å². The Bertz CT molecular complexity index is 1090. The molecular formula is C19H32N3O4S+. The highest BCUT2D eigenvalue weighted by atomic mass is 32.1. The Balaban J connectivity index is 2.32. The molecule has 1 aromatic rings. The lowest BCUT2D eigenvalue weighted by atomic mass is 10.1. The SMILES string of the molecule is [2H]C([2H])([2H])C([2H])([2H])C([2H])([2H])C([2H])([2H])C([2H])([2H])C([2H])([2H])Oc1nsnc1C1=CCC[N+](C)(COC(=O)OCCC)C1. The molecule has 0 aromatic carbocycles. The third-order valence-corrected chi connectivity index (χ3v) is 4.19. The minimum Gasteiger partial charge on any atom is -0.475 e. The number of ether oxygens (including phenoxy) is 3. The van der Waals surface area contributed by atoms with Crippen molar-refractivity contribution < 1.29 is 41.3 Å². The molecule has 1 unspecified atom stereocenters. The first-order chi connectivity index (χ1) is 18.0. The van der Waals surface area contributed by atoms with Crippen LogP contribution in [0.3, 0.4) is 0 Å². The molecule has 0 amide bonds. The standard InChI is InChI=1S/C19H32N3O4S/c1-4-6-7-8-13-24-18-17(20-27-21-18)16-10-9-11-22(3,14-16)15-26-19(23)25-12-5-2/h10H,4-9,11-15H2,1-3H3/q+1/i1D3,4D2,6D2,7D2,8D2,13D2. The minimum absolute atomic E-state index is 0.00340. The van der Waals surface area contributed by atoms with Crippen molar-refractivity contribution in [1.82, 2.24) is 8.75 Å². The summed E-state index contributed by atoms with van der Waals surface area (Å²) in [4.78, 5) is 11.8. The molecule has 0 saturated heterocycles. The summed E-state index contributed by atoms with van der Waals surface area (Å²) in [6, 6.07) is 0. The highest BCUT2D eigenvalue weighted by molar-refractivity contribution is 6.99.